The highest BCUT2D eigenvalue weighted by molar-refractivity contribution is 7.89. The molecule has 9 nitrogen and oxygen atoms in total. The Bertz CT molecular complexity index is 1150. The molecular formula is C21H22N4O5S. The Morgan fingerprint density at radius 3 is 2.84 bits per heavy atom. The van der Waals surface area contributed by atoms with Gasteiger partial charge < -0.3 is 9.84 Å². The van der Waals surface area contributed by atoms with E-state index in [1.165, 1.54) is 10.4 Å². The molecule has 1 aromatic carbocycles. The van der Waals surface area contributed by atoms with Crippen molar-refractivity contribution in [2.24, 2.45) is 5.92 Å². The van der Waals surface area contributed by atoms with Gasteiger partial charge >= 0.3 is 5.97 Å². The van der Waals surface area contributed by atoms with Crippen LogP contribution in [0.5, 0.6) is 5.75 Å². The molecule has 162 valence electrons. The van der Waals surface area contributed by atoms with Crippen molar-refractivity contribution in [3.8, 4) is 17.1 Å². The highest BCUT2D eigenvalue weighted by atomic mass is 32.2. The highest BCUT2D eigenvalue weighted by Crippen LogP contribution is 2.25. The van der Waals surface area contributed by atoms with Crippen LogP contribution in [-0.4, -0.2) is 52.1 Å². The number of rotatable bonds is 7. The Labute approximate surface area is 179 Å². The molecule has 0 spiro atoms. The molecule has 3 heterocycles. The van der Waals surface area contributed by atoms with Crippen molar-refractivity contribution >= 4 is 16.0 Å². The molecule has 0 radical (unpaired) electrons. The first-order valence-corrected chi connectivity index (χ1v) is 11.3. The number of hydrogen-bond acceptors (Lipinski definition) is 6. The van der Waals surface area contributed by atoms with Gasteiger partial charge in [-0.15, -0.1) is 0 Å². The summed E-state index contributed by atoms with van der Waals surface area (Å²) in [7, 11) is -3.77. The zero-order valence-electron chi connectivity index (χ0n) is 16.6. The molecule has 1 atom stereocenters. The second kappa shape index (κ2) is 8.86. The number of hydrogen-bond donors (Lipinski definition) is 2. The van der Waals surface area contributed by atoms with Crippen molar-refractivity contribution in [3.05, 3.63) is 60.4 Å². The predicted octanol–water partition coefficient (Wildman–Crippen LogP) is 2.54. The van der Waals surface area contributed by atoms with Gasteiger partial charge in [-0.2, -0.15) is 9.40 Å². The van der Waals surface area contributed by atoms with E-state index in [-0.39, 0.29) is 18.0 Å². The molecule has 4 rings (SSSR count). The molecule has 1 aliphatic heterocycles. The zero-order valence-corrected chi connectivity index (χ0v) is 17.5. The average Bonchev–Trinajstić information content (AvgIpc) is 3.33. The van der Waals surface area contributed by atoms with Crippen molar-refractivity contribution in [2.45, 2.75) is 24.3 Å². The minimum atomic E-state index is -3.77. The fourth-order valence-electron chi connectivity index (χ4n) is 3.50. The predicted molar refractivity (Wildman–Crippen MR) is 112 cm³/mol. The third-order valence-corrected chi connectivity index (χ3v) is 7.05. The van der Waals surface area contributed by atoms with Crippen LogP contribution in [0.3, 0.4) is 0 Å². The van der Waals surface area contributed by atoms with Gasteiger partial charge in [0, 0.05) is 19.3 Å². The van der Waals surface area contributed by atoms with Crippen LogP contribution in [0.2, 0.25) is 0 Å². The SMILES string of the molecule is O=C(O)C1CCCN(S(=O)(=O)c2cccc(COc3ccc(-c4ccn[nH]4)nc3)c2)C1. The van der Waals surface area contributed by atoms with Crippen LogP contribution in [0, 0.1) is 5.92 Å². The van der Waals surface area contributed by atoms with Gasteiger partial charge in [0.2, 0.25) is 10.0 Å². The summed E-state index contributed by atoms with van der Waals surface area (Å²) in [6.07, 6.45) is 4.26. The Balaban J connectivity index is 1.44. The summed E-state index contributed by atoms with van der Waals surface area (Å²) in [6, 6.07) is 11.9. The third kappa shape index (κ3) is 4.75. The first-order chi connectivity index (χ1) is 14.9. The quantitative estimate of drug-likeness (QED) is 0.576. The van der Waals surface area contributed by atoms with E-state index >= 15 is 0 Å². The maximum absolute atomic E-state index is 13.0. The van der Waals surface area contributed by atoms with Crippen LogP contribution in [-0.2, 0) is 21.4 Å². The van der Waals surface area contributed by atoms with Crippen molar-refractivity contribution in [3.63, 3.8) is 0 Å². The summed E-state index contributed by atoms with van der Waals surface area (Å²) in [5.74, 6) is -1.08. The summed E-state index contributed by atoms with van der Waals surface area (Å²) in [6.45, 7) is 0.486. The van der Waals surface area contributed by atoms with Crippen molar-refractivity contribution in [1.29, 1.82) is 0 Å². The summed E-state index contributed by atoms with van der Waals surface area (Å²) in [5, 5.41) is 16.0. The lowest BCUT2D eigenvalue weighted by Gasteiger charge is -2.29. The summed E-state index contributed by atoms with van der Waals surface area (Å²) in [5.41, 5.74) is 2.22. The van der Waals surface area contributed by atoms with Crippen molar-refractivity contribution < 1.29 is 23.1 Å². The topological polar surface area (TPSA) is 125 Å². The molecular weight excluding hydrogens is 420 g/mol. The highest BCUT2D eigenvalue weighted by Gasteiger charge is 2.33. The number of ether oxygens (including phenoxy) is 1. The standard InChI is InChI=1S/C21H22N4O5S/c26-21(27)16-4-2-10-25(13-16)31(28,29)18-5-1-3-15(11-18)14-30-17-6-7-19(22-12-17)20-8-9-23-24-20/h1,3,5-9,11-12,16H,2,4,10,13-14H2,(H,23,24)(H,26,27). The molecule has 31 heavy (non-hydrogen) atoms. The van der Waals surface area contributed by atoms with E-state index in [0.717, 1.165) is 11.4 Å². The maximum Gasteiger partial charge on any atom is 0.307 e. The van der Waals surface area contributed by atoms with E-state index in [4.69, 9.17) is 4.74 Å². The number of carboxylic acid groups (broad SMARTS) is 1. The van der Waals surface area contributed by atoms with Crippen LogP contribution >= 0.6 is 0 Å². The van der Waals surface area contributed by atoms with Crippen LogP contribution in [0.1, 0.15) is 18.4 Å². The van der Waals surface area contributed by atoms with Crippen molar-refractivity contribution in [1.82, 2.24) is 19.5 Å². The van der Waals surface area contributed by atoms with E-state index < -0.39 is 21.9 Å². The first kappa shape index (κ1) is 21.0. The average molecular weight is 442 g/mol. The zero-order chi connectivity index (χ0) is 21.8. The number of benzene rings is 1. The lowest BCUT2D eigenvalue weighted by atomic mass is 10.0. The Hall–Kier alpha value is -3.24. The Morgan fingerprint density at radius 2 is 2.13 bits per heavy atom. The van der Waals surface area contributed by atoms with Gasteiger partial charge in [0.15, 0.2) is 0 Å². The number of nitrogens with zero attached hydrogens (tertiary/aromatic N) is 3. The van der Waals surface area contributed by atoms with Crippen LogP contribution in [0.25, 0.3) is 11.4 Å². The molecule has 0 aliphatic carbocycles. The molecule has 2 N–H and O–H groups in total. The molecule has 0 bridgehead atoms. The number of aliphatic carboxylic acids is 1. The second-order valence-corrected chi connectivity index (χ2v) is 9.26. The fourth-order valence-corrected chi connectivity index (χ4v) is 5.09. The van der Waals surface area contributed by atoms with E-state index in [1.54, 1.807) is 42.7 Å². The lowest BCUT2D eigenvalue weighted by molar-refractivity contribution is -0.142. The summed E-state index contributed by atoms with van der Waals surface area (Å²) < 4.78 is 33.0. The summed E-state index contributed by atoms with van der Waals surface area (Å²) >= 11 is 0. The largest absolute Gasteiger partial charge is 0.487 e. The third-order valence-electron chi connectivity index (χ3n) is 5.19. The van der Waals surface area contributed by atoms with E-state index in [9.17, 15) is 18.3 Å². The molecule has 1 saturated heterocycles. The number of aromatic amines is 1. The van der Waals surface area contributed by atoms with E-state index in [0.29, 0.717) is 30.7 Å². The number of H-pyrrole nitrogens is 1. The van der Waals surface area contributed by atoms with Gasteiger partial charge in [-0.3, -0.25) is 14.9 Å². The number of sulfonamides is 1. The number of carboxylic acids is 1. The molecule has 3 aromatic rings. The van der Waals surface area contributed by atoms with E-state index in [2.05, 4.69) is 15.2 Å². The maximum atomic E-state index is 13.0. The monoisotopic (exact) mass is 442 g/mol. The van der Waals surface area contributed by atoms with Gasteiger partial charge in [0.05, 0.1) is 28.4 Å². The lowest BCUT2D eigenvalue weighted by Crippen LogP contribution is -2.42. The number of carbonyl (C=O) groups is 1. The normalized spacial score (nSPS) is 17.4. The fraction of sp³-hybridized carbons (Fsp3) is 0.286. The first-order valence-electron chi connectivity index (χ1n) is 9.84. The van der Waals surface area contributed by atoms with E-state index in [1.807, 2.05) is 6.07 Å². The Kier molecular flexibility index (Phi) is 6.01. The van der Waals surface area contributed by atoms with Gasteiger partial charge in [-0.25, -0.2) is 8.42 Å². The molecule has 1 fully saturated rings. The number of pyridine rings is 1. The van der Waals surface area contributed by atoms with Crippen LogP contribution < -0.4 is 4.74 Å². The minimum absolute atomic E-state index is 0.00720. The number of nitrogens with one attached hydrogen (secondary N) is 1. The molecule has 2 aromatic heterocycles. The van der Waals surface area contributed by atoms with Crippen LogP contribution in [0.4, 0.5) is 0 Å². The smallest absolute Gasteiger partial charge is 0.307 e. The van der Waals surface area contributed by atoms with Gasteiger partial charge in [0.1, 0.15) is 12.4 Å². The van der Waals surface area contributed by atoms with Crippen LogP contribution in [0.15, 0.2) is 59.8 Å². The minimum Gasteiger partial charge on any atom is -0.487 e. The molecule has 1 unspecified atom stereocenters. The molecule has 0 saturated carbocycles. The van der Waals surface area contributed by atoms with Gasteiger partial charge in [-0.1, -0.05) is 12.1 Å². The Morgan fingerprint density at radius 1 is 1.26 bits per heavy atom. The summed E-state index contributed by atoms with van der Waals surface area (Å²) in [4.78, 5) is 15.7. The number of aromatic nitrogens is 3. The van der Waals surface area contributed by atoms with Gasteiger partial charge in [-0.05, 0) is 48.7 Å². The van der Waals surface area contributed by atoms with Gasteiger partial charge in [0.25, 0.3) is 0 Å². The molecule has 10 heteroatoms. The van der Waals surface area contributed by atoms with Crippen molar-refractivity contribution in [2.75, 3.05) is 13.1 Å². The number of piperidine rings is 1. The second-order valence-electron chi connectivity index (χ2n) is 7.33. The molecule has 0 amide bonds. The molecule has 1 aliphatic rings.